The number of halogens is 1. The molecule has 30 heavy (non-hydrogen) atoms. The summed E-state index contributed by atoms with van der Waals surface area (Å²) in [4.78, 5) is 25.3. The smallest absolute Gasteiger partial charge is 0.281 e. The molecule has 1 saturated heterocycles. The van der Waals surface area contributed by atoms with E-state index in [2.05, 4.69) is 27.0 Å². The Bertz CT molecular complexity index is 1040. The van der Waals surface area contributed by atoms with Crippen LogP contribution in [0.4, 0.5) is 0 Å². The number of pyridine rings is 1. The van der Waals surface area contributed by atoms with Crippen molar-refractivity contribution in [2.75, 3.05) is 32.7 Å². The molecule has 0 bridgehead atoms. The van der Waals surface area contributed by atoms with Crippen molar-refractivity contribution in [1.29, 1.82) is 0 Å². The molecule has 2 aromatic heterocycles. The minimum atomic E-state index is 0.328. The molecular weight excluding hydrogens is 420 g/mol. The molecule has 1 aliphatic heterocycles. The maximum Gasteiger partial charge on any atom is 0.281 e. The Labute approximate surface area is 184 Å². The summed E-state index contributed by atoms with van der Waals surface area (Å²) in [6.07, 6.45) is 4.75. The van der Waals surface area contributed by atoms with Gasteiger partial charge in [0.2, 0.25) is 5.91 Å². The third-order valence-electron chi connectivity index (χ3n) is 5.65. The van der Waals surface area contributed by atoms with Gasteiger partial charge in [-0.25, -0.2) is 4.98 Å². The summed E-state index contributed by atoms with van der Waals surface area (Å²) in [5.74, 6) is 1.46. The lowest BCUT2D eigenvalue weighted by Gasteiger charge is -2.34. The predicted molar refractivity (Wildman–Crippen MR) is 118 cm³/mol. The van der Waals surface area contributed by atoms with E-state index in [-0.39, 0.29) is 0 Å². The maximum atomic E-state index is 12.2. The van der Waals surface area contributed by atoms with Crippen LogP contribution in [-0.4, -0.2) is 58.4 Å². The van der Waals surface area contributed by atoms with Crippen LogP contribution in [-0.2, 0) is 11.2 Å². The Hall–Kier alpha value is -2.22. The number of rotatable bonds is 6. The zero-order chi connectivity index (χ0) is 20.5. The molecule has 1 amide bonds. The van der Waals surface area contributed by atoms with Crippen molar-refractivity contribution < 1.29 is 9.53 Å². The first-order chi connectivity index (χ1) is 14.6. The maximum absolute atomic E-state index is 12.2. The van der Waals surface area contributed by atoms with E-state index in [0.29, 0.717) is 27.7 Å². The minimum absolute atomic E-state index is 0.328. The number of ether oxygens (including phenoxy) is 1. The molecule has 2 fully saturated rings. The molecule has 1 aromatic carbocycles. The SMILES string of the molecule is O=C(C1CC1)N1CCN(CCc2ccc(Oc3nc4ncc(Cl)cc4s3)cc2)CC1. The number of thiazole rings is 1. The third-order valence-corrected chi connectivity index (χ3v) is 6.73. The van der Waals surface area contributed by atoms with E-state index in [9.17, 15) is 4.79 Å². The minimum Gasteiger partial charge on any atom is -0.431 e. The molecule has 0 N–H and O–H groups in total. The fourth-order valence-corrected chi connectivity index (χ4v) is 4.77. The van der Waals surface area contributed by atoms with E-state index in [0.717, 1.165) is 62.4 Å². The van der Waals surface area contributed by atoms with E-state index in [1.165, 1.54) is 16.9 Å². The standard InChI is InChI=1S/C22H23ClN4O2S/c23-17-13-19-20(24-14-17)25-22(30-19)29-18-5-1-15(2-6-18)7-8-26-9-11-27(12-10-26)21(28)16-3-4-16/h1-2,5-6,13-14,16H,3-4,7-12H2. The van der Waals surface area contributed by atoms with E-state index in [1.54, 1.807) is 6.20 Å². The lowest BCUT2D eigenvalue weighted by Crippen LogP contribution is -2.49. The van der Waals surface area contributed by atoms with Gasteiger partial charge in [-0.3, -0.25) is 9.69 Å². The highest BCUT2D eigenvalue weighted by Gasteiger charge is 2.34. The van der Waals surface area contributed by atoms with Gasteiger partial charge in [-0.2, -0.15) is 4.98 Å². The molecule has 6 nitrogen and oxygen atoms in total. The van der Waals surface area contributed by atoms with Crippen molar-refractivity contribution >= 4 is 39.2 Å². The van der Waals surface area contributed by atoms with Gasteiger partial charge in [0.25, 0.3) is 5.19 Å². The highest BCUT2D eigenvalue weighted by atomic mass is 35.5. The molecule has 0 spiro atoms. The molecule has 1 saturated carbocycles. The molecule has 3 heterocycles. The van der Waals surface area contributed by atoms with Crippen LogP contribution in [0.5, 0.6) is 10.9 Å². The van der Waals surface area contributed by atoms with Gasteiger partial charge < -0.3 is 9.64 Å². The Morgan fingerprint density at radius 1 is 1.17 bits per heavy atom. The number of aromatic nitrogens is 2. The first-order valence-corrected chi connectivity index (χ1v) is 11.5. The number of benzene rings is 1. The molecule has 2 aliphatic rings. The lowest BCUT2D eigenvalue weighted by molar-refractivity contribution is -0.134. The third kappa shape index (κ3) is 4.58. The van der Waals surface area contributed by atoms with Gasteiger partial charge in [0, 0.05) is 44.8 Å². The van der Waals surface area contributed by atoms with Crippen molar-refractivity contribution in [1.82, 2.24) is 19.8 Å². The largest absolute Gasteiger partial charge is 0.431 e. The van der Waals surface area contributed by atoms with Gasteiger partial charge in [0.1, 0.15) is 5.75 Å². The molecule has 156 valence electrons. The molecule has 0 atom stereocenters. The molecular formula is C22H23ClN4O2S. The summed E-state index contributed by atoms with van der Waals surface area (Å²) >= 11 is 7.41. The Morgan fingerprint density at radius 2 is 1.93 bits per heavy atom. The summed E-state index contributed by atoms with van der Waals surface area (Å²) in [5, 5.41) is 1.16. The predicted octanol–water partition coefficient (Wildman–Crippen LogP) is 4.23. The number of amides is 1. The molecule has 3 aromatic rings. The van der Waals surface area contributed by atoms with Crippen molar-refractivity contribution in [2.45, 2.75) is 19.3 Å². The zero-order valence-corrected chi connectivity index (χ0v) is 18.2. The fraction of sp³-hybridized carbons (Fsp3) is 0.409. The summed E-state index contributed by atoms with van der Waals surface area (Å²) in [5.41, 5.74) is 1.92. The molecule has 5 rings (SSSR count). The Balaban J connectivity index is 1.11. The molecule has 1 aliphatic carbocycles. The number of nitrogens with zero attached hydrogens (tertiary/aromatic N) is 4. The van der Waals surface area contributed by atoms with Gasteiger partial charge in [0.15, 0.2) is 5.65 Å². The number of piperazine rings is 1. The number of hydrogen-bond acceptors (Lipinski definition) is 6. The Kier molecular flexibility index (Phi) is 5.58. The highest BCUT2D eigenvalue weighted by molar-refractivity contribution is 7.20. The van der Waals surface area contributed by atoms with Crippen LogP contribution in [0.1, 0.15) is 18.4 Å². The van der Waals surface area contributed by atoms with Crippen LogP contribution in [0.2, 0.25) is 5.02 Å². The fourth-order valence-electron chi connectivity index (χ4n) is 3.71. The number of carbonyl (C=O) groups is 1. The second-order valence-corrected chi connectivity index (χ2v) is 9.32. The van der Waals surface area contributed by atoms with Crippen LogP contribution in [0.3, 0.4) is 0 Å². The van der Waals surface area contributed by atoms with Crippen LogP contribution < -0.4 is 4.74 Å². The topological polar surface area (TPSA) is 58.6 Å². The van der Waals surface area contributed by atoms with E-state index in [1.807, 2.05) is 23.1 Å². The molecule has 8 heteroatoms. The first kappa shape index (κ1) is 19.7. The average molecular weight is 443 g/mol. The Morgan fingerprint density at radius 3 is 2.67 bits per heavy atom. The van der Waals surface area contributed by atoms with Crippen molar-refractivity contribution in [3.8, 4) is 10.9 Å². The second-order valence-electron chi connectivity index (χ2n) is 7.89. The van der Waals surface area contributed by atoms with Crippen LogP contribution in [0.15, 0.2) is 36.5 Å². The second kappa shape index (κ2) is 8.49. The van der Waals surface area contributed by atoms with Gasteiger partial charge in [0.05, 0.1) is 9.72 Å². The van der Waals surface area contributed by atoms with Crippen molar-refractivity contribution in [3.63, 3.8) is 0 Å². The summed E-state index contributed by atoms with van der Waals surface area (Å²) in [7, 11) is 0. The van der Waals surface area contributed by atoms with E-state index < -0.39 is 0 Å². The van der Waals surface area contributed by atoms with Crippen LogP contribution >= 0.6 is 22.9 Å². The monoisotopic (exact) mass is 442 g/mol. The highest BCUT2D eigenvalue weighted by Crippen LogP contribution is 2.32. The molecule has 0 radical (unpaired) electrons. The van der Waals surface area contributed by atoms with Gasteiger partial charge in [-0.05, 0) is 43.0 Å². The van der Waals surface area contributed by atoms with E-state index >= 15 is 0 Å². The van der Waals surface area contributed by atoms with Gasteiger partial charge in [-0.1, -0.05) is 35.1 Å². The van der Waals surface area contributed by atoms with Crippen molar-refractivity contribution in [3.05, 3.63) is 47.1 Å². The molecule has 0 unspecified atom stereocenters. The zero-order valence-electron chi connectivity index (χ0n) is 16.6. The number of fused-ring (bicyclic) bond motifs is 1. The van der Waals surface area contributed by atoms with E-state index in [4.69, 9.17) is 16.3 Å². The number of hydrogen-bond donors (Lipinski definition) is 0. The van der Waals surface area contributed by atoms with Gasteiger partial charge in [-0.15, -0.1) is 0 Å². The first-order valence-electron chi connectivity index (χ1n) is 10.3. The number of carbonyl (C=O) groups excluding carboxylic acids is 1. The normalized spacial score (nSPS) is 17.4. The average Bonchev–Trinajstić information content (AvgIpc) is 3.54. The summed E-state index contributed by atoms with van der Waals surface area (Å²) < 4.78 is 6.80. The van der Waals surface area contributed by atoms with Crippen LogP contribution in [0.25, 0.3) is 10.3 Å². The van der Waals surface area contributed by atoms with Crippen LogP contribution in [0, 0.1) is 5.92 Å². The summed E-state index contributed by atoms with van der Waals surface area (Å²) in [6, 6.07) is 10.0. The lowest BCUT2D eigenvalue weighted by atomic mass is 10.1. The van der Waals surface area contributed by atoms with Crippen molar-refractivity contribution in [2.24, 2.45) is 5.92 Å². The summed E-state index contributed by atoms with van der Waals surface area (Å²) in [6.45, 7) is 4.68. The van der Waals surface area contributed by atoms with Gasteiger partial charge >= 0.3 is 0 Å². The quantitative estimate of drug-likeness (QED) is 0.571.